The number of hydrogen-bond donors (Lipinski definition) is 1. The molecule has 0 radical (unpaired) electrons. The molecule has 0 atom stereocenters. The minimum atomic E-state index is -0.362. The van der Waals surface area contributed by atoms with Crippen LogP contribution in [-0.4, -0.2) is 18.4 Å². The molecule has 0 aliphatic rings. The monoisotopic (exact) mass is 387 g/mol. The largest absolute Gasteiger partial charge is 0.460 e. The molecule has 1 amide bonds. The number of halogens is 1. The molecule has 0 spiro atoms. The Morgan fingerprint density at radius 3 is 2.54 bits per heavy atom. The standard InChI is InChI=1S/C20H18ClNO3S/c21-20-15-8-4-5-9-16(15)26-17(20)13-25-19(24)10-11-22-18(23)12-14-6-2-1-3-7-14/h1-9H,10-13H2,(H,22,23). The highest BCUT2D eigenvalue weighted by molar-refractivity contribution is 7.19. The Labute approximate surface area is 160 Å². The summed E-state index contributed by atoms with van der Waals surface area (Å²) >= 11 is 7.84. The molecule has 0 saturated carbocycles. The first-order chi connectivity index (χ1) is 12.6. The van der Waals surface area contributed by atoms with Crippen molar-refractivity contribution in [1.29, 1.82) is 0 Å². The Kier molecular flexibility index (Phi) is 6.26. The van der Waals surface area contributed by atoms with Crippen molar-refractivity contribution in [2.24, 2.45) is 0 Å². The maximum Gasteiger partial charge on any atom is 0.307 e. The van der Waals surface area contributed by atoms with Crippen LogP contribution in [0.2, 0.25) is 5.02 Å². The molecule has 1 aromatic heterocycles. The van der Waals surface area contributed by atoms with E-state index >= 15 is 0 Å². The van der Waals surface area contributed by atoms with E-state index in [9.17, 15) is 9.59 Å². The number of thiophene rings is 1. The summed E-state index contributed by atoms with van der Waals surface area (Å²) in [6.07, 6.45) is 0.427. The smallest absolute Gasteiger partial charge is 0.307 e. The predicted octanol–water partition coefficient (Wildman–Crippen LogP) is 4.35. The molecule has 0 aliphatic carbocycles. The molecule has 0 saturated heterocycles. The number of ether oxygens (including phenoxy) is 1. The van der Waals surface area contributed by atoms with E-state index in [4.69, 9.17) is 16.3 Å². The lowest BCUT2D eigenvalue weighted by Gasteiger charge is -2.06. The lowest BCUT2D eigenvalue weighted by Crippen LogP contribution is -2.27. The molecule has 1 heterocycles. The van der Waals surface area contributed by atoms with Gasteiger partial charge in [-0.15, -0.1) is 11.3 Å². The molecular formula is C20H18ClNO3S. The highest BCUT2D eigenvalue weighted by atomic mass is 35.5. The highest BCUT2D eigenvalue weighted by Gasteiger charge is 2.12. The van der Waals surface area contributed by atoms with Crippen LogP contribution in [-0.2, 0) is 27.4 Å². The van der Waals surface area contributed by atoms with Crippen LogP contribution in [0, 0.1) is 0 Å². The molecule has 0 bridgehead atoms. The Balaban J connectivity index is 1.41. The summed E-state index contributed by atoms with van der Waals surface area (Å²) in [5, 5.41) is 4.33. The van der Waals surface area contributed by atoms with Gasteiger partial charge in [-0.2, -0.15) is 0 Å². The fraction of sp³-hybridized carbons (Fsp3) is 0.200. The number of nitrogens with one attached hydrogen (secondary N) is 1. The molecule has 26 heavy (non-hydrogen) atoms. The quantitative estimate of drug-likeness (QED) is 0.613. The van der Waals surface area contributed by atoms with Crippen LogP contribution in [0.4, 0.5) is 0 Å². The van der Waals surface area contributed by atoms with Gasteiger partial charge in [0.2, 0.25) is 5.91 Å². The van der Waals surface area contributed by atoms with Gasteiger partial charge >= 0.3 is 5.97 Å². The van der Waals surface area contributed by atoms with E-state index in [1.54, 1.807) is 0 Å². The Bertz CT molecular complexity index is 908. The predicted molar refractivity (Wildman–Crippen MR) is 104 cm³/mol. The number of esters is 1. The summed E-state index contributed by atoms with van der Waals surface area (Å²) in [7, 11) is 0. The molecule has 3 aromatic rings. The fourth-order valence-electron chi connectivity index (χ4n) is 2.52. The summed E-state index contributed by atoms with van der Waals surface area (Å²) in [6.45, 7) is 0.402. The van der Waals surface area contributed by atoms with Crippen LogP contribution in [0.3, 0.4) is 0 Å². The average Bonchev–Trinajstić information content (AvgIpc) is 2.97. The number of fused-ring (bicyclic) bond motifs is 1. The number of carbonyl (C=O) groups excluding carboxylic acids is 2. The van der Waals surface area contributed by atoms with Crippen LogP contribution >= 0.6 is 22.9 Å². The molecule has 0 unspecified atom stereocenters. The molecule has 134 valence electrons. The molecule has 0 fully saturated rings. The van der Waals surface area contributed by atoms with Gasteiger partial charge in [-0.05, 0) is 11.6 Å². The second-order valence-electron chi connectivity index (χ2n) is 5.76. The first-order valence-electron chi connectivity index (χ1n) is 8.25. The molecule has 4 nitrogen and oxygen atoms in total. The lowest BCUT2D eigenvalue weighted by molar-refractivity contribution is -0.144. The van der Waals surface area contributed by atoms with Gasteiger partial charge in [0.15, 0.2) is 0 Å². The van der Waals surface area contributed by atoms with Gasteiger partial charge in [0.25, 0.3) is 0 Å². The van der Waals surface area contributed by atoms with E-state index in [-0.39, 0.29) is 31.4 Å². The SMILES string of the molecule is O=C(Cc1ccccc1)NCCC(=O)OCc1sc2ccccc2c1Cl. The summed E-state index contributed by atoms with van der Waals surface area (Å²) in [4.78, 5) is 24.5. The normalized spacial score (nSPS) is 10.7. The number of hydrogen-bond acceptors (Lipinski definition) is 4. The summed E-state index contributed by atoms with van der Waals surface area (Å²) in [5.41, 5.74) is 0.937. The molecular weight excluding hydrogens is 370 g/mol. The summed E-state index contributed by atoms with van der Waals surface area (Å²) in [6, 6.07) is 17.3. The molecule has 3 rings (SSSR count). The lowest BCUT2D eigenvalue weighted by atomic mass is 10.1. The van der Waals surface area contributed by atoms with Crippen molar-refractivity contribution in [1.82, 2.24) is 5.32 Å². The molecule has 6 heteroatoms. The zero-order valence-electron chi connectivity index (χ0n) is 14.0. The van der Waals surface area contributed by atoms with Crippen LogP contribution in [0.5, 0.6) is 0 Å². The van der Waals surface area contributed by atoms with Gasteiger partial charge in [0.1, 0.15) is 6.61 Å². The number of benzene rings is 2. The summed E-state index contributed by atoms with van der Waals surface area (Å²) < 4.78 is 6.34. The second kappa shape index (κ2) is 8.83. The number of carbonyl (C=O) groups is 2. The van der Waals surface area contributed by atoms with Gasteiger partial charge < -0.3 is 10.1 Å². The Morgan fingerprint density at radius 2 is 1.77 bits per heavy atom. The van der Waals surface area contributed by atoms with Crippen molar-refractivity contribution in [2.45, 2.75) is 19.4 Å². The van der Waals surface area contributed by atoms with Crippen LogP contribution < -0.4 is 5.32 Å². The third-order valence-electron chi connectivity index (χ3n) is 3.82. The zero-order chi connectivity index (χ0) is 18.4. The van der Waals surface area contributed by atoms with Crippen LogP contribution in [0.15, 0.2) is 54.6 Å². The fourth-order valence-corrected chi connectivity index (χ4v) is 3.92. The van der Waals surface area contributed by atoms with E-state index in [0.29, 0.717) is 11.4 Å². The van der Waals surface area contributed by atoms with E-state index in [1.165, 1.54) is 11.3 Å². The molecule has 0 aliphatic heterocycles. The van der Waals surface area contributed by atoms with Gasteiger partial charge in [-0.25, -0.2) is 0 Å². The van der Waals surface area contributed by atoms with Crippen molar-refractivity contribution < 1.29 is 14.3 Å². The van der Waals surface area contributed by atoms with Gasteiger partial charge in [-0.1, -0.05) is 60.1 Å². The first-order valence-corrected chi connectivity index (χ1v) is 9.45. The van der Waals surface area contributed by atoms with Crippen molar-refractivity contribution >= 4 is 44.9 Å². The van der Waals surface area contributed by atoms with Crippen molar-refractivity contribution in [3.05, 3.63) is 70.1 Å². The van der Waals surface area contributed by atoms with Crippen molar-refractivity contribution in [2.75, 3.05) is 6.54 Å². The zero-order valence-corrected chi connectivity index (χ0v) is 15.6. The van der Waals surface area contributed by atoms with E-state index in [2.05, 4.69) is 5.32 Å². The van der Waals surface area contributed by atoms with E-state index in [0.717, 1.165) is 20.5 Å². The van der Waals surface area contributed by atoms with E-state index in [1.807, 2.05) is 54.6 Å². The van der Waals surface area contributed by atoms with E-state index < -0.39 is 0 Å². The van der Waals surface area contributed by atoms with Gasteiger partial charge in [0.05, 0.1) is 22.7 Å². The highest BCUT2D eigenvalue weighted by Crippen LogP contribution is 2.35. The third-order valence-corrected chi connectivity index (χ3v) is 5.51. The summed E-state index contributed by atoms with van der Waals surface area (Å²) in [5.74, 6) is -0.477. The number of amides is 1. The topological polar surface area (TPSA) is 55.4 Å². The Morgan fingerprint density at radius 1 is 1.04 bits per heavy atom. The molecule has 1 N–H and O–H groups in total. The molecule has 2 aromatic carbocycles. The average molecular weight is 388 g/mol. The van der Waals surface area contributed by atoms with Crippen molar-refractivity contribution in [3.63, 3.8) is 0 Å². The minimum Gasteiger partial charge on any atom is -0.460 e. The van der Waals surface area contributed by atoms with Gasteiger partial charge in [-0.3, -0.25) is 9.59 Å². The van der Waals surface area contributed by atoms with Crippen LogP contribution in [0.25, 0.3) is 10.1 Å². The third kappa shape index (κ3) is 4.84. The van der Waals surface area contributed by atoms with Crippen molar-refractivity contribution in [3.8, 4) is 0 Å². The second-order valence-corrected chi connectivity index (χ2v) is 7.27. The van der Waals surface area contributed by atoms with Gasteiger partial charge in [0, 0.05) is 16.6 Å². The maximum absolute atomic E-state index is 11.9. The minimum absolute atomic E-state index is 0.114. The maximum atomic E-state index is 11.9. The first kappa shape index (κ1) is 18.4. The Hall–Kier alpha value is -2.37. The number of rotatable bonds is 7. The van der Waals surface area contributed by atoms with Crippen LogP contribution in [0.1, 0.15) is 16.9 Å².